The molecule has 0 aromatic heterocycles. The molecule has 1 aliphatic heterocycles. The Bertz CT molecular complexity index is 203. The predicted octanol–water partition coefficient (Wildman–Crippen LogP) is -0.709. The van der Waals surface area contributed by atoms with Gasteiger partial charge in [0.1, 0.15) is 6.10 Å². The average Bonchev–Trinajstić information content (AvgIpc) is 2.43. The molecule has 0 unspecified atom stereocenters. The molecule has 0 spiro atoms. The molecule has 0 aromatic rings. The van der Waals surface area contributed by atoms with Gasteiger partial charge in [-0.1, -0.05) is 0 Å². The van der Waals surface area contributed by atoms with Crippen LogP contribution in [-0.4, -0.2) is 35.0 Å². The van der Waals surface area contributed by atoms with E-state index >= 15 is 0 Å². The number of hydrogen-bond donors (Lipinski definition) is 2. The van der Waals surface area contributed by atoms with Crippen LogP contribution >= 0.6 is 0 Å². The van der Waals surface area contributed by atoms with Gasteiger partial charge in [-0.15, -0.1) is 0 Å². The second kappa shape index (κ2) is 2.71. The summed E-state index contributed by atoms with van der Waals surface area (Å²) in [6, 6.07) is 0. The molecule has 1 heterocycles. The number of aliphatic hydroxyl groups is 2. The van der Waals surface area contributed by atoms with E-state index in [9.17, 15) is 9.90 Å². The van der Waals surface area contributed by atoms with Crippen LogP contribution in [0.25, 0.3) is 0 Å². The van der Waals surface area contributed by atoms with Crippen LogP contribution in [-0.2, 0) is 9.53 Å². The van der Waals surface area contributed by atoms with Gasteiger partial charge in [-0.25, -0.2) is 0 Å². The molecule has 2 fully saturated rings. The zero-order chi connectivity index (χ0) is 8.72. The maximum Gasteiger partial charge on any atom is 0.306 e. The first-order valence-electron chi connectivity index (χ1n) is 4.20. The minimum absolute atomic E-state index is 0.0394. The number of carbonyl (C=O) groups excluding carboxylic acids is 1. The Labute approximate surface area is 70.1 Å². The van der Waals surface area contributed by atoms with E-state index in [4.69, 9.17) is 9.84 Å². The SMILES string of the molecule is O=C1C[C@H]2[C@@H](CO)[C@H](O)C[C@H]2O1. The lowest BCUT2D eigenvalue weighted by molar-refractivity contribution is -0.141. The summed E-state index contributed by atoms with van der Waals surface area (Å²) in [4.78, 5) is 10.8. The van der Waals surface area contributed by atoms with E-state index in [1.165, 1.54) is 0 Å². The highest BCUT2D eigenvalue weighted by Crippen LogP contribution is 2.40. The molecular formula is C8H12O4. The van der Waals surface area contributed by atoms with Crippen molar-refractivity contribution in [3.63, 3.8) is 0 Å². The normalized spacial score (nSPS) is 46.0. The Kier molecular flexibility index (Phi) is 1.81. The lowest BCUT2D eigenvalue weighted by Gasteiger charge is -2.14. The molecule has 2 aliphatic rings. The fourth-order valence-corrected chi connectivity index (χ4v) is 2.23. The van der Waals surface area contributed by atoms with Crippen molar-refractivity contribution in [1.29, 1.82) is 0 Å². The minimum atomic E-state index is -0.502. The summed E-state index contributed by atoms with van der Waals surface area (Å²) < 4.78 is 4.98. The van der Waals surface area contributed by atoms with E-state index < -0.39 is 6.10 Å². The quantitative estimate of drug-likeness (QED) is 0.513. The highest BCUT2D eigenvalue weighted by molar-refractivity contribution is 5.72. The number of esters is 1. The molecule has 4 nitrogen and oxygen atoms in total. The van der Waals surface area contributed by atoms with Crippen molar-refractivity contribution < 1.29 is 19.7 Å². The lowest BCUT2D eigenvalue weighted by atomic mass is 9.93. The summed E-state index contributed by atoms with van der Waals surface area (Å²) in [5.74, 6) is -0.325. The lowest BCUT2D eigenvalue weighted by Crippen LogP contribution is -2.23. The van der Waals surface area contributed by atoms with Gasteiger partial charge in [0.05, 0.1) is 12.5 Å². The summed E-state index contributed by atoms with van der Waals surface area (Å²) in [5.41, 5.74) is 0. The Hall–Kier alpha value is -0.610. The van der Waals surface area contributed by atoms with Crippen LogP contribution in [0.3, 0.4) is 0 Å². The third-order valence-electron chi connectivity index (χ3n) is 2.89. The third-order valence-corrected chi connectivity index (χ3v) is 2.89. The van der Waals surface area contributed by atoms with Gasteiger partial charge in [0.2, 0.25) is 0 Å². The van der Waals surface area contributed by atoms with Gasteiger partial charge >= 0.3 is 5.97 Å². The minimum Gasteiger partial charge on any atom is -0.462 e. The molecule has 1 saturated heterocycles. The molecule has 0 bridgehead atoms. The van der Waals surface area contributed by atoms with Gasteiger partial charge in [0.15, 0.2) is 0 Å². The first-order chi connectivity index (χ1) is 5.72. The molecule has 12 heavy (non-hydrogen) atoms. The molecular weight excluding hydrogens is 160 g/mol. The summed E-state index contributed by atoms with van der Waals surface area (Å²) in [7, 11) is 0. The topological polar surface area (TPSA) is 66.8 Å². The Morgan fingerprint density at radius 3 is 3.00 bits per heavy atom. The van der Waals surface area contributed by atoms with Crippen molar-refractivity contribution in [3.8, 4) is 0 Å². The van der Waals surface area contributed by atoms with Crippen LogP contribution in [0.2, 0.25) is 0 Å². The second-order valence-electron chi connectivity index (χ2n) is 3.55. The maximum absolute atomic E-state index is 10.8. The Balaban J connectivity index is 2.11. The summed E-state index contributed by atoms with van der Waals surface area (Å²) in [6.07, 6.45) is 0.192. The molecule has 2 rings (SSSR count). The maximum atomic E-state index is 10.8. The Morgan fingerprint density at radius 2 is 2.33 bits per heavy atom. The number of aliphatic hydroxyl groups excluding tert-OH is 2. The highest BCUT2D eigenvalue weighted by atomic mass is 16.6. The van der Waals surface area contributed by atoms with Gasteiger partial charge in [0.25, 0.3) is 0 Å². The number of hydrogen-bond acceptors (Lipinski definition) is 4. The van der Waals surface area contributed by atoms with Gasteiger partial charge < -0.3 is 14.9 Å². The van der Waals surface area contributed by atoms with E-state index in [0.717, 1.165) is 0 Å². The van der Waals surface area contributed by atoms with Crippen LogP contribution < -0.4 is 0 Å². The molecule has 0 amide bonds. The van der Waals surface area contributed by atoms with Gasteiger partial charge in [-0.3, -0.25) is 4.79 Å². The van der Waals surface area contributed by atoms with Crippen molar-refractivity contribution in [2.24, 2.45) is 11.8 Å². The molecule has 0 aromatic carbocycles. The summed E-state index contributed by atoms with van der Waals surface area (Å²) >= 11 is 0. The number of rotatable bonds is 1. The van der Waals surface area contributed by atoms with Crippen molar-refractivity contribution in [1.82, 2.24) is 0 Å². The van der Waals surface area contributed by atoms with Crippen molar-refractivity contribution in [3.05, 3.63) is 0 Å². The van der Waals surface area contributed by atoms with Gasteiger partial charge in [-0.05, 0) is 0 Å². The molecule has 1 aliphatic carbocycles. The highest BCUT2D eigenvalue weighted by Gasteiger charge is 2.49. The fraction of sp³-hybridized carbons (Fsp3) is 0.875. The molecule has 1 saturated carbocycles. The first kappa shape index (κ1) is 8.01. The van der Waals surface area contributed by atoms with Crippen molar-refractivity contribution in [2.45, 2.75) is 25.0 Å². The fourth-order valence-electron chi connectivity index (χ4n) is 2.23. The summed E-state index contributed by atoms with van der Waals surface area (Å²) in [6.45, 7) is -0.0566. The van der Waals surface area contributed by atoms with E-state index in [1.54, 1.807) is 0 Å². The van der Waals surface area contributed by atoms with Crippen molar-refractivity contribution >= 4 is 5.97 Å². The monoisotopic (exact) mass is 172 g/mol. The first-order valence-corrected chi connectivity index (χ1v) is 4.20. The van der Waals surface area contributed by atoms with Gasteiger partial charge in [-0.2, -0.15) is 0 Å². The van der Waals surface area contributed by atoms with E-state index in [-0.39, 0.29) is 30.5 Å². The van der Waals surface area contributed by atoms with Gasteiger partial charge in [0, 0.05) is 24.9 Å². The Morgan fingerprint density at radius 1 is 1.58 bits per heavy atom. The van der Waals surface area contributed by atoms with Crippen molar-refractivity contribution in [2.75, 3.05) is 6.61 Å². The second-order valence-corrected chi connectivity index (χ2v) is 3.55. The van der Waals surface area contributed by atoms with E-state index in [2.05, 4.69) is 0 Å². The van der Waals surface area contributed by atoms with Crippen LogP contribution in [0.5, 0.6) is 0 Å². The van der Waals surface area contributed by atoms with Crippen LogP contribution in [0.4, 0.5) is 0 Å². The van der Waals surface area contributed by atoms with E-state index in [0.29, 0.717) is 12.8 Å². The van der Waals surface area contributed by atoms with Crippen LogP contribution in [0.15, 0.2) is 0 Å². The predicted molar refractivity (Wildman–Crippen MR) is 39.2 cm³/mol. The molecule has 4 atom stereocenters. The molecule has 68 valence electrons. The number of carbonyl (C=O) groups is 1. The smallest absolute Gasteiger partial charge is 0.306 e. The van der Waals surface area contributed by atoms with Crippen LogP contribution in [0.1, 0.15) is 12.8 Å². The van der Waals surface area contributed by atoms with Crippen LogP contribution in [0, 0.1) is 11.8 Å². The molecule has 4 heteroatoms. The number of fused-ring (bicyclic) bond motifs is 1. The third kappa shape index (κ3) is 1.03. The summed E-state index contributed by atoms with van der Waals surface area (Å²) in [5, 5.41) is 18.4. The molecule has 0 radical (unpaired) electrons. The zero-order valence-electron chi connectivity index (χ0n) is 6.64. The standard InChI is InChI=1S/C8H12O4/c9-3-5-4-1-8(11)12-7(4)2-6(5)10/h4-7,9-10H,1-3H2/t4-,5+,6+,7+/m0/s1. The zero-order valence-corrected chi connectivity index (χ0v) is 6.64. The van der Waals surface area contributed by atoms with E-state index in [1.807, 2.05) is 0 Å². The average molecular weight is 172 g/mol. The molecule has 2 N–H and O–H groups in total. The largest absolute Gasteiger partial charge is 0.462 e. The number of ether oxygens (including phenoxy) is 1.